The number of carbonyl (C=O) groups excluding carboxylic acids is 1. The number of imidazole rings is 1. The van der Waals surface area contributed by atoms with Crippen molar-refractivity contribution in [3.63, 3.8) is 0 Å². The average molecular weight is 331 g/mol. The summed E-state index contributed by atoms with van der Waals surface area (Å²) in [5, 5.41) is 2.71. The molecule has 1 amide bonds. The van der Waals surface area contributed by atoms with E-state index in [-0.39, 0.29) is 5.56 Å². The van der Waals surface area contributed by atoms with Crippen LogP contribution in [0.3, 0.4) is 0 Å². The van der Waals surface area contributed by atoms with Gasteiger partial charge in [0.2, 0.25) is 0 Å². The summed E-state index contributed by atoms with van der Waals surface area (Å²) in [6.07, 6.45) is 0. The lowest BCUT2D eigenvalue weighted by molar-refractivity contribution is 0.102. The fraction of sp³-hybridized carbons (Fsp3) is 0. The van der Waals surface area contributed by atoms with E-state index in [0.717, 1.165) is 22.4 Å². The number of fused-ring (bicyclic) bond motifs is 1. The number of benzene rings is 3. The molecule has 0 fully saturated rings. The van der Waals surface area contributed by atoms with Crippen LogP contribution in [0.5, 0.6) is 0 Å². The van der Waals surface area contributed by atoms with E-state index >= 15 is 0 Å². The molecule has 25 heavy (non-hydrogen) atoms. The first-order valence-electron chi connectivity index (χ1n) is 7.82. The Bertz CT molecular complexity index is 1060. The van der Waals surface area contributed by atoms with Gasteiger partial charge in [-0.3, -0.25) is 4.79 Å². The molecule has 0 saturated carbocycles. The van der Waals surface area contributed by atoms with Gasteiger partial charge < -0.3 is 10.3 Å². The Balaban J connectivity index is 1.63. The van der Waals surface area contributed by atoms with Gasteiger partial charge in [0.05, 0.1) is 16.6 Å². The zero-order chi connectivity index (χ0) is 17.2. The van der Waals surface area contributed by atoms with Crippen molar-refractivity contribution in [3.05, 3.63) is 84.2 Å². The van der Waals surface area contributed by atoms with E-state index in [4.69, 9.17) is 0 Å². The van der Waals surface area contributed by atoms with Crippen LogP contribution in [0.4, 0.5) is 10.1 Å². The molecular weight excluding hydrogens is 317 g/mol. The van der Waals surface area contributed by atoms with E-state index in [2.05, 4.69) is 15.3 Å². The second kappa shape index (κ2) is 6.20. The van der Waals surface area contributed by atoms with Gasteiger partial charge in [-0.15, -0.1) is 0 Å². The number of halogens is 1. The molecule has 0 aliphatic heterocycles. The van der Waals surface area contributed by atoms with E-state index in [1.54, 1.807) is 24.3 Å². The molecule has 3 aromatic carbocycles. The van der Waals surface area contributed by atoms with Crippen LogP contribution in [0.2, 0.25) is 0 Å². The monoisotopic (exact) mass is 331 g/mol. The largest absolute Gasteiger partial charge is 0.338 e. The molecule has 2 N–H and O–H groups in total. The Morgan fingerprint density at radius 1 is 0.960 bits per heavy atom. The maximum atomic E-state index is 13.7. The van der Waals surface area contributed by atoms with Crippen molar-refractivity contribution in [3.8, 4) is 11.4 Å². The quantitative estimate of drug-likeness (QED) is 0.575. The second-order valence-corrected chi connectivity index (χ2v) is 5.62. The van der Waals surface area contributed by atoms with E-state index in [1.165, 1.54) is 12.1 Å². The SMILES string of the molecule is O=C(Nc1ccc2nc(-c3ccccc3)[nH]c2c1)c1ccccc1F. The summed E-state index contributed by atoms with van der Waals surface area (Å²) in [6, 6.07) is 21.0. The number of nitrogens with zero attached hydrogens (tertiary/aromatic N) is 1. The van der Waals surface area contributed by atoms with E-state index in [0.29, 0.717) is 5.69 Å². The van der Waals surface area contributed by atoms with Crippen molar-refractivity contribution < 1.29 is 9.18 Å². The summed E-state index contributed by atoms with van der Waals surface area (Å²) < 4.78 is 13.7. The Morgan fingerprint density at radius 2 is 1.72 bits per heavy atom. The van der Waals surface area contributed by atoms with E-state index in [9.17, 15) is 9.18 Å². The number of aromatic nitrogens is 2. The van der Waals surface area contributed by atoms with Crippen molar-refractivity contribution in [1.82, 2.24) is 9.97 Å². The number of H-pyrrole nitrogens is 1. The Hall–Kier alpha value is -3.47. The summed E-state index contributed by atoms with van der Waals surface area (Å²) in [5.41, 5.74) is 3.16. The minimum absolute atomic E-state index is 0.0113. The highest BCUT2D eigenvalue weighted by Gasteiger charge is 2.12. The maximum absolute atomic E-state index is 13.7. The topological polar surface area (TPSA) is 57.8 Å². The first-order chi connectivity index (χ1) is 12.2. The third-order valence-corrected chi connectivity index (χ3v) is 3.91. The van der Waals surface area contributed by atoms with Crippen LogP contribution in [-0.4, -0.2) is 15.9 Å². The smallest absolute Gasteiger partial charge is 0.258 e. The first-order valence-corrected chi connectivity index (χ1v) is 7.82. The maximum Gasteiger partial charge on any atom is 0.258 e. The minimum Gasteiger partial charge on any atom is -0.338 e. The lowest BCUT2D eigenvalue weighted by Gasteiger charge is -2.05. The van der Waals surface area contributed by atoms with Crippen LogP contribution in [0.25, 0.3) is 22.4 Å². The van der Waals surface area contributed by atoms with Gasteiger partial charge in [-0.05, 0) is 30.3 Å². The van der Waals surface area contributed by atoms with Crippen LogP contribution in [0.15, 0.2) is 72.8 Å². The van der Waals surface area contributed by atoms with Gasteiger partial charge in [-0.2, -0.15) is 0 Å². The third-order valence-electron chi connectivity index (χ3n) is 3.91. The molecular formula is C20H14FN3O. The second-order valence-electron chi connectivity index (χ2n) is 5.62. The number of rotatable bonds is 3. The predicted octanol–water partition coefficient (Wildman–Crippen LogP) is 4.62. The van der Waals surface area contributed by atoms with Gasteiger partial charge >= 0.3 is 0 Å². The molecule has 4 nitrogen and oxygen atoms in total. The molecule has 0 radical (unpaired) electrons. The lowest BCUT2D eigenvalue weighted by atomic mass is 10.2. The molecule has 1 heterocycles. The molecule has 0 aliphatic rings. The highest BCUT2D eigenvalue weighted by Crippen LogP contribution is 2.23. The highest BCUT2D eigenvalue weighted by molar-refractivity contribution is 6.05. The fourth-order valence-corrected chi connectivity index (χ4v) is 2.66. The summed E-state index contributed by atoms with van der Waals surface area (Å²) in [5.74, 6) is -0.276. The van der Waals surface area contributed by atoms with Gasteiger partial charge in [0.25, 0.3) is 5.91 Å². The molecule has 0 bridgehead atoms. The number of hydrogen-bond acceptors (Lipinski definition) is 2. The predicted molar refractivity (Wildman–Crippen MR) is 95.9 cm³/mol. The zero-order valence-electron chi connectivity index (χ0n) is 13.2. The summed E-state index contributed by atoms with van der Waals surface area (Å²) in [7, 11) is 0. The number of anilines is 1. The molecule has 0 unspecified atom stereocenters. The number of carbonyl (C=O) groups is 1. The van der Waals surface area contributed by atoms with Crippen LogP contribution in [-0.2, 0) is 0 Å². The van der Waals surface area contributed by atoms with Crippen molar-refractivity contribution in [1.29, 1.82) is 0 Å². The summed E-state index contributed by atoms with van der Waals surface area (Å²) >= 11 is 0. The van der Waals surface area contributed by atoms with Crippen molar-refractivity contribution in [2.45, 2.75) is 0 Å². The molecule has 1 aromatic heterocycles. The summed E-state index contributed by atoms with van der Waals surface area (Å²) in [6.45, 7) is 0. The molecule has 0 aliphatic carbocycles. The molecule has 0 atom stereocenters. The van der Waals surface area contributed by atoms with Gasteiger partial charge in [0.15, 0.2) is 0 Å². The molecule has 4 rings (SSSR count). The number of hydrogen-bond donors (Lipinski definition) is 2. The zero-order valence-corrected chi connectivity index (χ0v) is 13.2. The lowest BCUT2D eigenvalue weighted by Crippen LogP contribution is -2.13. The third kappa shape index (κ3) is 2.99. The van der Waals surface area contributed by atoms with E-state index in [1.807, 2.05) is 36.4 Å². The van der Waals surface area contributed by atoms with Crippen molar-refractivity contribution in [2.75, 3.05) is 5.32 Å². The highest BCUT2D eigenvalue weighted by atomic mass is 19.1. The molecule has 5 heteroatoms. The van der Waals surface area contributed by atoms with Gasteiger partial charge in [-0.1, -0.05) is 42.5 Å². The van der Waals surface area contributed by atoms with Crippen LogP contribution in [0.1, 0.15) is 10.4 Å². The molecule has 122 valence electrons. The number of nitrogens with one attached hydrogen (secondary N) is 2. The number of aromatic amines is 1. The molecule has 0 spiro atoms. The Labute approximate surface area is 143 Å². The summed E-state index contributed by atoms with van der Waals surface area (Å²) in [4.78, 5) is 20.0. The molecule has 4 aromatic rings. The average Bonchev–Trinajstić information content (AvgIpc) is 3.06. The van der Waals surface area contributed by atoms with Crippen molar-refractivity contribution in [2.24, 2.45) is 0 Å². The van der Waals surface area contributed by atoms with Crippen LogP contribution < -0.4 is 5.32 Å². The fourth-order valence-electron chi connectivity index (χ4n) is 2.66. The molecule has 0 saturated heterocycles. The van der Waals surface area contributed by atoms with Gasteiger partial charge in [-0.25, -0.2) is 9.37 Å². The van der Waals surface area contributed by atoms with Crippen LogP contribution in [0, 0.1) is 5.82 Å². The van der Waals surface area contributed by atoms with E-state index < -0.39 is 11.7 Å². The normalized spacial score (nSPS) is 10.8. The Kier molecular flexibility index (Phi) is 3.74. The first kappa shape index (κ1) is 15.1. The Morgan fingerprint density at radius 3 is 2.52 bits per heavy atom. The minimum atomic E-state index is -0.547. The van der Waals surface area contributed by atoms with Crippen molar-refractivity contribution >= 4 is 22.6 Å². The standard InChI is InChI=1S/C20H14FN3O/c21-16-9-5-4-8-15(16)20(25)22-14-10-11-17-18(12-14)24-19(23-17)13-6-2-1-3-7-13/h1-12H,(H,22,25)(H,23,24). The van der Waals surface area contributed by atoms with Gasteiger partial charge in [0.1, 0.15) is 11.6 Å². The van der Waals surface area contributed by atoms with Crippen LogP contribution >= 0.6 is 0 Å². The number of amides is 1. The van der Waals surface area contributed by atoms with Gasteiger partial charge in [0, 0.05) is 11.3 Å².